The Kier molecular flexibility index (Phi) is 5.85. The predicted octanol–water partition coefficient (Wildman–Crippen LogP) is 4.44. The number of benzene rings is 2. The maximum atomic E-state index is 13.3. The van der Waals surface area contributed by atoms with Gasteiger partial charge < -0.3 is 10.1 Å². The molecule has 1 fully saturated rings. The predicted molar refractivity (Wildman–Crippen MR) is 101 cm³/mol. The van der Waals surface area contributed by atoms with Crippen molar-refractivity contribution in [1.29, 1.82) is 0 Å². The van der Waals surface area contributed by atoms with Crippen molar-refractivity contribution in [3.8, 4) is 0 Å². The fourth-order valence-corrected chi connectivity index (χ4v) is 3.87. The number of fused-ring (bicyclic) bond motifs is 1. The van der Waals surface area contributed by atoms with Crippen LogP contribution in [0, 0.1) is 5.82 Å². The highest BCUT2D eigenvalue weighted by molar-refractivity contribution is 6.31. The van der Waals surface area contributed by atoms with Gasteiger partial charge in [-0.25, -0.2) is 4.39 Å². The largest absolute Gasteiger partial charge is 0.384 e. The summed E-state index contributed by atoms with van der Waals surface area (Å²) >= 11 is 6.20. The third-order valence-corrected chi connectivity index (χ3v) is 5.11. The number of morpholine rings is 1. The normalized spacial score (nSPS) is 19.8. The molecule has 0 aliphatic carbocycles. The van der Waals surface area contributed by atoms with Gasteiger partial charge in [-0.2, -0.15) is 0 Å². The Morgan fingerprint density at radius 2 is 2.16 bits per heavy atom. The van der Waals surface area contributed by atoms with Crippen LogP contribution in [0.3, 0.4) is 0 Å². The molecule has 25 heavy (non-hydrogen) atoms. The van der Waals surface area contributed by atoms with Crippen molar-refractivity contribution < 1.29 is 9.13 Å². The molecule has 3 nitrogen and oxygen atoms in total. The van der Waals surface area contributed by atoms with Crippen LogP contribution in [-0.4, -0.2) is 31.1 Å². The number of anilines is 1. The molecular formula is C19H21Cl2FN2O. The maximum Gasteiger partial charge on any atom is 0.124 e. The zero-order valence-electron chi connectivity index (χ0n) is 13.8. The summed E-state index contributed by atoms with van der Waals surface area (Å²) in [7, 11) is 0. The van der Waals surface area contributed by atoms with Crippen molar-refractivity contribution in [3.05, 3.63) is 63.9 Å². The van der Waals surface area contributed by atoms with Gasteiger partial charge in [-0.05, 0) is 29.7 Å². The van der Waals surface area contributed by atoms with E-state index in [2.05, 4.69) is 28.4 Å². The molecule has 4 rings (SSSR count). The highest BCUT2D eigenvalue weighted by Gasteiger charge is 2.25. The number of nitrogens with one attached hydrogen (secondary N) is 1. The maximum absolute atomic E-state index is 13.3. The number of hydrogen-bond acceptors (Lipinski definition) is 3. The van der Waals surface area contributed by atoms with Crippen molar-refractivity contribution in [1.82, 2.24) is 4.90 Å². The Bertz CT molecular complexity index is 756. The summed E-state index contributed by atoms with van der Waals surface area (Å²) in [6.45, 7) is 4.20. The molecule has 0 radical (unpaired) electrons. The van der Waals surface area contributed by atoms with Gasteiger partial charge in [0.2, 0.25) is 0 Å². The molecule has 2 heterocycles. The summed E-state index contributed by atoms with van der Waals surface area (Å²) in [5.74, 6) is -0.317. The molecular weight excluding hydrogens is 362 g/mol. The van der Waals surface area contributed by atoms with Crippen LogP contribution in [0.5, 0.6) is 0 Å². The molecule has 2 aromatic carbocycles. The highest BCUT2D eigenvalue weighted by atomic mass is 35.5. The van der Waals surface area contributed by atoms with E-state index < -0.39 is 0 Å². The molecule has 1 atom stereocenters. The SMILES string of the molecule is Cl.Fc1ccc(C2CN(Cc3cccc4c3NCC4)CCO2)c(Cl)c1. The molecule has 1 N–H and O–H groups in total. The average Bonchev–Trinajstić information content (AvgIpc) is 3.05. The lowest BCUT2D eigenvalue weighted by atomic mass is 10.0. The lowest BCUT2D eigenvalue weighted by Gasteiger charge is -2.34. The lowest BCUT2D eigenvalue weighted by molar-refractivity contribution is -0.0328. The van der Waals surface area contributed by atoms with E-state index in [1.807, 2.05) is 0 Å². The van der Waals surface area contributed by atoms with E-state index in [1.54, 1.807) is 6.07 Å². The van der Waals surface area contributed by atoms with E-state index in [-0.39, 0.29) is 24.3 Å². The first kappa shape index (κ1) is 18.5. The Hall–Kier alpha value is -1.33. The van der Waals surface area contributed by atoms with Crippen molar-refractivity contribution in [3.63, 3.8) is 0 Å². The van der Waals surface area contributed by atoms with E-state index in [1.165, 1.54) is 28.9 Å². The van der Waals surface area contributed by atoms with E-state index in [0.717, 1.165) is 38.2 Å². The molecule has 1 unspecified atom stereocenters. The minimum Gasteiger partial charge on any atom is -0.384 e. The van der Waals surface area contributed by atoms with E-state index in [0.29, 0.717) is 11.6 Å². The number of ether oxygens (including phenoxy) is 1. The monoisotopic (exact) mass is 382 g/mol. The van der Waals surface area contributed by atoms with Crippen LogP contribution in [0.4, 0.5) is 10.1 Å². The second-order valence-electron chi connectivity index (χ2n) is 6.39. The number of nitrogens with zero attached hydrogens (tertiary/aromatic N) is 1. The molecule has 2 aromatic rings. The second kappa shape index (κ2) is 7.92. The summed E-state index contributed by atoms with van der Waals surface area (Å²) in [5, 5.41) is 3.93. The van der Waals surface area contributed by atoms with E-state index >= 15 is 0 Å². The van der Waals surface area contributed by atoms with Crippen LogP contribution in [0.2, 0.25) is 5.02 Å². The fraction of sp³-hybridized carbons (Fsp3) is 0.368. The third-order valence-electron chi connectivity index (χ3n) is 4.79. The second-order valence-corrected chi connectivity index (χ2v) is 6.80. The molecule has 0 amide bonds. The number of para-hydroxylation sites is 1. The quantitative estimate of drug-likeness (QED) is 0.848. The Morgan fingerprint density at radius 1 is 1.28 bits per heavy atom. The van der Waals surface area contributed by atoms with Gasteiger partial charge in [0, 0.05) is 42.5 Å². The molecule has 0 aromatic heterocycles. The summed E-state index contributed by atoms with van der Waals surface area (Å²) in [5.41, 5.74) is 4.88. The topological polar surface area (TPSA) is 24.5 Å². The highest BCUT2D eigenvalue weighted by Crippen LogP contribution is 2.31. The first-order valence-electron chi connectivity index (χ1n) is 8.34. The Labute approximate surface area is 158 Å². The Morgan fingerprint density at radius 3 is 3.00 bits per heavy atom. The van der Waals surface area contributed by atoms with Gasteiger partial charge in [0.25, 0.3) is 0 Å². The first-order valence-corrected chi connectivity index (χ1v) is 8.72. The van der Waals surface area contributed by atoms with Crippen molar-refractivity contribution in [2.75, 3.05) is 31.6 Å². The van der Waals surface area contributed by atoms with E-state index in [4.69, 9.17) is 16.3 Å². The van der Waals surface area contributed by atoms with Crippen molar-refractivity contribution >= 4 is 29.7 Å². The molecule has 2 aliphatic heterocycles. The molecule has 6 heteroatoms. The van der Waals surface area contributed by atoms with Gasteiger partial charge in [-0.3, -0.25) is 4.90 Å². The van der Waals surface area contributed by atoms with Crippen LogP contribution >= 0.6 is 24.0 Å². The summed E-state index contributed by atoms with van der Waals surface area (Å²) in [4.78, 5) is 2.38. The molecule has 0 bridgehead atoms. The summed E-state index contributed by atoms with van der Waals surface area (Å²) < 4.78 is 19.1. The third kappa shape index (κ3) is 3.93. The zero-order valence-corrected chi connectivity index (χ0v) is 15.4. The van der Waals surface area contributed by atoms with Gasteiger partial charge in [0.15, 0.2) is 0 Å². The summed E-state index contributed by atoms with van der Waals surface area (Å²) in [6, 6.07) is 11.0. The lowest BCUT2D eigenvalue weighted by Crippen LogP contribution is -2.38. The van der Waals surface area contributed by atoms with Gasteiger partial charge >= 0.3 is 0 Å². The molecule has 2 aliphatic rings. The van der Waals surface area contributed by atoms with Crippen molar-refractivity contribution in [2.24, 2.45) is 0 Å². The van der Waals surface area contributed by atoms with E-state index in [9.17, 15) is 4.39 Å². The van der Waals surface area contributed by atoms with Crippen LogP contribution in [0.1, 0.15) is 22.8 Å². The Balaban J connectivity index is 0.00000182. The van der Waals surface area contributed by atoms with Gasteiger partial charge in [0.05, 0.1) is 12.7 Å². The summed E-state index contributed by atoms with van der Waals surface area (Å²) in [6.07, 6.45) is 0.983. The van der Waals surface area contributed by atoms with Gasteiger partial charge in [0.1, 0.15) is 5.82 Å². The standard InChI is InChI=1S/C19H20ClFN2O.ClH/c20-17-10-15(21)4-5-16(17)18-12-23(8-9-24-18)11-14-3-1-2-13-6-7-22-19(13)14;/h1-5,10,18,22H,6-9,11-12H2;1H. The average molecular weight is 383 g/mol. The minimum absolute atomic E-state index is 0. The van der Waals surface area contributed by atoms with Gasteiger partial charge in [-0.1, -0.05) is 35.9 Å². The molecule has 134 valence electrons. The molecule has 0 saturated carbocycles. The number of rotatable bonds is 3. The smallest absolute Gasteiger partial charge is 0.124 e. The van der Waals surface area contributed by atoms with Crippen LogP contribution in [0.15, 0.2) is 36.4 Å². The van der Waals surface area contributed by atoms with Crippen LogP contribution < -0.4 is 5.32 Å². The van der Waals surface area contributed by atoms with Crippen molar-refractivity contribution in [2.45, 2.75) is 19.1 Å². The fourth-order valence-electron chi connectivity index (χ4n) is 3.58. The van der Waals surface area contributed by atoms with Crippen LogP contribution in [-0.2, 0) is 17.7 Å². The molecule has 0 spiro atoms. The zero-order chi connectivity index (χ0) is 16.5. The first-order chi connectivity index (χ1) is 11.7. The number of hydrogen-bond donors (Lipinski definition) is 1. The molecule has 1 saturated heterocycles. The number of halogens is 3. The van der Waals surface area contributed by atoms with Gasteiger partial charge in [-0.15, -0.1) is 12.4 Å². The van der Waals surface area contributed by atoms with Crippen LogP contribution in [0.25, 0.3) is 0 Å². The minimum atomic E-state index is -0.317.